The molecule has 1 fully saturated rings. The van der Waals surface area contributed by atoms with Gasteiger partial charge in [0.1, 0.15) is 0 Å². The van der Waals surface area contributed by atoms with Crippen molar-refractivity contribution >= 4 is 6.03 Å². The van der Waals surface area contributed by atoms with E-state index in [0.29, 0.717) is 18.5 Å². The summed E-state index contributed by atoms with van der Waals surface area (Å²) in [5.74, 6) is 0.595. The minimum absolute atomic E-state index is 0.169. The quantitative estimate of drug-likeness (QED) is 0.600. The first-order valence-electron chi connectivity index (χ1n) is 4.82. The van der Waals surface area contributed by atoms with Crippen molar-refractivity contribution in [3.63, 3.8) is 0 Å². The number of hydrogen-bond donors (Lipinski definition) is 3. The summed E-state index contributed by atoms with van der Waals surface area (Å²) in [7, 11) is 0. The van der Waals surface area contributed by atoms with E-state index >= 15 is 0 Å². The largest absolute Gasteiger partial charge is 0.392 e. The van der Waals surface area contributed by atoms with Crippen LogP contribution in [0.2, 0.25) is 0 Å². The van der Waals surface area contributed by atoms with E-state index in [4.69, 9.17) is 5.11 Å². The maximum absolute atomic E-state index is 11.2. The van der Waals surface area contributed by atoms with Gasteiger partial charge in [-0.3, -0.25) is 0 Å². The number of urea groups is 1. The molecule has 1 aliphatic carbocycles. The fourth-order valence-corrected chi connectivity index (χ4v) is 1.34. The Morgan fingerprint density at radius 2 is 2.31 bits per heavy atom. The lowest BCUT2D eigenvalue weighted by molar-refractivity contribution is 0.179. The van der Waals surface area contributed by atoms with Gasteiger partial charge in [-0.05, 0) is 25.7 Å². The van der Waals surface area contributed by atoms with Crippen LogP contribution in [0.1, 0.15) is 26.7 Å². The number of aliphatic hydroxyl groups excluding tert-OH is 1. The number of rotatable bonds is 3. The summed E-state index contributed by atoms with van der Waals surface area (Å²) in [5.41, 5.74) is 0. The third kappa shape index (κ3) is 3.22. The lowest BCUT2D eigenvalue weighted by Gasteiger charge is -2.34. The minimum atomic E-state index is -0.482. The Hall–Kier alpha value is -0.770. The fraction of sp³-hybridized carbons (Fsp3) is 0.889. The van der Waals surface area contributed by atoms with Crippen LogP contribution < -0.4 is 10.6 Å². The topological polar surface area (TPSA) is 61.4 Å². The van der Waals surface area contributed by atoms with Gasteiger partial charge in [-0.1, -0.05) is 6.92 Å². The fourth-order valence-electron chi connectivity index (χ4n) is 1.34. The van der Waals surface area contributed by atoms with Gasteiger partial charge in [-0.25, -0.2) is 4.79 Å². The first-order valence-corrected chi connectivity index (χ1v) is 4.82. The highest BCUT2D eigenvalue weighted by atomic mass is 16.3. The highest BCUT2D eigenvalue weighted by Gasteiger charge is 2.27. The van der Waals surface area contributed by atoms with E-state index in [1.54, 1.807) is 6.92 Å². The van der Waals surface area contributed by atoms with Gasteiger partial charge in [-0.15, -0.1) is 0 Å². The van der Waals surface area contributed by atoms with Crippen molar-refractivity contribution < 1.29 is 9.90 Å². The molecule has 0 spiro atoms. The zero-order valence-electron chi connectivity index (χ0n) is 8.21. The molecule has 0 aromatic rings. The van der Waals surface area contributed by atoms with Crippen LogP contribution in [0.5, 0.6) is 0 Å². The zero-order valence-corrected chi connectivity index (χ0v) is 8.21. The summed E-state index contributed by atoms with van der Waals surface area (Å²) < 4.78 is 0. The van der Waals surface area contributed by atoms with Gasteiger partial charge in [0, 0.05) is 12.6 Å². The van der Waals surface area contributed by atoms with Crippen LogP contribution in [-0.4, -0.2) is 29.8 Å². The molecule has 0 aliphatic heterocycles. The maximum atomic E-state index is 11.2. The van der Waals surface area contributed by atoms with Crippen molar-refractivity contribution in [2.75, 3.05) is 6.54 Å². The second-order valence-corrected chi connectivity index (χ2v) is 3.86. The molecular formula is C9H18N2O2. The first kappa shape index (κ1) is 10.3. The van der Waals surface area contributed by atoms with Gasteiger partial charge >= 0.3 is 6.03 Å². The van der Waals surface area contributed by atoms with E-state index < -0.39 is 6.10 Å². The predicted octanol–water partition coefficient (Wildman–Crippen LogP) is 0.465. The van der Waals surface area contributed by atoms with E-state index in [2.05, 4.69) is 17.6 Å². The van der Waals surface area contributed by atoms with Crippen LogP contribution in [0.15, 0.2) is 0 Å². The van der Waals surface area contributed by atoms with Crippen molar-refractivity contribution in [3.8, 4) is 0 Å². The number of carbonyl (C=O) groups excluding carboxylic acids is 1. The Kier molecular flexibility index (Phi) is 3.54. The van der Waals surface area contributed by atoms with Gasteiger partial charge in [0.25, 0.3) is 0 Å². The molecule has 0 aromatic heterocycles. The van der Waals surface area contributed by atoms with Crippen molar-refractivity contribution in [1.82, 2.24) is 10.6 Å². The minimum Gasteiger partial charge on any atom is -0.392 e. The van der Waals surface area contributed by atoms with Crippen molar-refractivity contribution in [2.24, 2.45) is 5.92 Å². The summed E-state index contributed by atoms with van der Waals surface area (Å²) in [5, 5.41) is 14.4. The standard InChI is InChI=1S/C9H18N2O2/c1-6-3-4-8(6)11-9(13)10-5-7(2)12/h6-8,12H,3-5H2,1-2H3,(H2,10,11,13). The van der Waals surface area contributed by atoms with Crippen molar-refractivity contribution in [1.29, 1.82) is 0 Å². The van der Waals surface area contributed by atoms with Crippen molar-refractivity contribution in [3.05, 3.63) is 0 Å². The third-order valence-electron chi connectivity index (χ3n) is 2.49. The molecule has 0 radical (unpaired) electrons. The highest BCUT2D eigenvalue weighted by molar-refractivity contribution is 5.74. The SMILES string of the molecule is CC(O)CNC(=O)NC1CCC1C. The predicted molar refractivity (Wildman–Crippen MR) is 50.4 cm³/mol. The molecule has 3 N–H and O–H groups in total. The number of nitrogens with one attached hydrogen (secondary N) is 2. The molecule has 1 saturated carbocycles. The lowest BCUT2D eigenvalue weighted by Crippen LogP contribution is -2.50. The van der Waals surface area contributed by atoms with Crippen LogP contribution in [-0.2, 0) is 0 Å². The molecule has 3 atom stereocenters. The monoisotopic (exact) mass is 186 g/mol. The Morgan fingerprint density at radius 3 is 2.69 bits per heavy atom. The van der Waals surface area contributed by atoms with Crippen molar-refractivity contribution in [2.45, 2.75) is 38.8 Å². The summed E-state index contributed by atoms with van der Waals surface area (Å²) in [4.78, 5) is 11.2. The smallest absolute Gasteiger partial charge is 0.315 e. The normalized spacial score (nSPS) is 28.8. The Morgan fingerprint density at radius 1 is 1.62 bits per heavy atom. The maximum Gasteiger partial charge on any atom is 0.315 e. The van der Waals surface area contributed by atoms with E-state index in [-0.39, 0.29) is 6.03 Å². The molecule has 13 heavy (non-hydrogen) atoms. The summed E-state index contributed by atoms with van der Waals surface area (Å²) in [6.45, 7) is 4.09. The second-order valence-electron chi connectivity index (χ2n) is 3.86. The Bertz CT molecular complexity index is 182. The first-order chi connectivity index (χ1) is 6.09. The van der Waals surface area contributed by atoms with Crippen LogP contribution in [0.3, 0.4) is 0 Å². The molecule has 4 heteroatoms. The summed E-state index contributed by atoms with van der Waals surface area (Å²) in [6, 6.07) is 0.159. The van der Waals surface area contributed by atoms with E-state index in [1.807, 2.05) is 0 Å². The molecule has 76 valence electrons. The third-order valence-corrected chi connectivity index (χ3v) is 2.49. The number of amides is 2. The molecule has 4 nitrogen and oxygen atoms in total. The van der Waals surface area contributed by atoms with Crippen LogP contribution in [0, 0.1) is 5.92 Å². The van der Waals surface area contributed by atoms with Gasteiger partial charge in [0.15, 0.2) is 0 Å². The molecule has 3 unspecified atom stereocenters. The number of hydrogen-bond acceptors (Lipinski definition) is 2. The lowest BCUT2D eigenvalue weighted by atomic mass is 9.81. The molecule has 1 aliphatic rings. The van der Waals surface area contributed by atoms with E-state index in [1.165, 1.54) is 6.42 Å². The molecule has 2 amide bonds. The number of aliphatic hydroxyl groups is 1. The molecule has 0 bridgehead atoms. The number of carbonyl (C=O) groups is 1. The van der Waals surface area contributed by atoms with E-state index in [9.17, 15) is 4.79 Å². The highest BCUT2D eigenvalue weighted by Crippen LogP contribution is 2.25. The van der Waals surface area contributed by atoms with Crippen LogP contribution in [0.4, 0.5) is 4.79 Å². The van der Waals surface area contributed by atoms with Crippen LogP contribution >= 0.6 is 0 Å². The molecule has 0 saturated heterocycles. The molecule has 1 rings (SSSR count). The zero-order chi connectivity index (χ0) is 9.84. The second kappa shape index (κ2) is 4.46. The Labute approximate surface area is 78.7 Å². The van der Waals surface area contributed by atoms with Gasteiger partial charge in [-0.2, -0.15) is 0 Å². The molecular weight excluding hydrogens is 168 g/mol. The van der Waals surface area contributed by atoms with Gasteiger partial charge in [0.2, 0.25) is 0 Å². The van der Waals surface area contributed by atoms with E-state index in [0.717, 1.165) is 6.42 Å². The van der Waals surface area contributed by atoms with Gasteiger partial charge in [0.05, 0.1) is 6.10 Å². The van der Waals surface area contributed by atoms with Gasteiger partial charge < -0.3 is 15.7 Å². The molecule has 0 aromatic carbocycles. The Balaban J connectivity index is 2.10. The summed E-state index contributed by atoms with van der Waals surface area (Å²) >= 11 is 0. The average molecular weight is 186 g/mol. The van der Waals surface area contributed by atoms with Crippen LogP contribution in [0.25, 0.3) is 0 Å². The average Bonchev–Trinajstić information content (AvgIpc) is 2.08. The molecule has 0 heterocycles. The summed E-state index contributed by atoms with van der Waals surface area (Å²) in [6.07, 6.45) is 1.79.